The lowest BCUT2D eigenvalue weighted by Gasteiger charge is -2.38. The summed E-state index contributed by atoms with van der Waals surface area (Å²) in [6.45, 7) is 1.58. The van der Waals surface area contributed by atoms with E-state index in [4.69, 9.17) is 0 Å². The summed E-state index contributed by atoms with van der Waals surface area (Å²) < 4.78 is 29.0. The van der Waals surface area contributed by atoms with Crippen molar-refractivity contribution in [3.05, 3.63) is 29.8 Å². The Bertz CT molecular complexity index is 603. The van der Waals surface area contributed by atoms with Crippen LogP contribution in [-0.2, 0) is 16.6 Å². The molecule has 0 saturated carbocycles. The number of anilines is 1. The summed E-state index contributed by atoms with van der Waals surface area (Å²) in [5, 5.41) is 9.31. The van der Waals surface area contributed by atoms with Crippen molar-refractivity contribution in [1.82, 2.24) is 4.31 Å². The highest BCUT2D eigenvalue weighted by Crippen LogP contribution is 2.31. The lowest BCUT2D eigenvalue weighted by Crippen LogP contribution is -2.50. The SMILES string of the molecule is O=S(=O)(N1CCCC(CO)C1)N1CCCc2ccccc21. The van der Waals surface area contributed by atoms with Crippen LogP contribution in [0.25, 0.3) is 0 Å². The zero-order valence-corrected chi connectivity index (χ0v) is 12.9. The van der Waals surface area contributed by atoms with Crippen molar-refractivity contribution in [2.24, 2.45) is 5.92 Å². The summed E-state index contributed by atoms with van der Waals surface area (Å²) in [6.07, 6.45) is 3.51. The summed E-state index contributed by atoms with van der Waals surface area (Å²) in [5.74, 6) is 0.0635. The maximum Gasteiger partial charge on any atom is 0.304 e. The van der Waals surface area contributed by atoms with Crippen LogP contribution in [0.4, 0.5) is 5.69 Å². The van der Waals surface area contributed by atoms with Crippen molar-refractivity contribution in [3.8, 4) is 0 Å². The number of rotatable bonds is 3. The first kappa shape index (κ1) is 14.8. The van der Waals surface area contributed by atoms with E-state index in [0.29, 0.717) is 19.6 Å². The largest absolute Gasteiger partial charge is 0.396 e. The minimum Gasteiger partial charge on any atom is -0.396 e. The molecule has 0 radical (unpaired) electrons. The van der Waals surface area contributed by atoms with Gasteiger partial charge in [0.1, 0.15) is 0 Å². The number of hydrogen-bond acceptors (Lipinski definition) is 3. The molecule has 0 bridgehead atoms. The minimum absolute atomic E-state index is 0.0581. The van der Waals surface area contributed by atoms with Gasteiger partial charge in [-0.1, -0.05) is 18.2 Å². The summed E-state index contributed by atoms with van der Waals surface area (Å²) in [5.41, 5.74) is 1.91. The van der Waals surface area contributed by atoms with Gasteiger partial charge in [-0.2, -0.15) is 12.7 Å². The van der Waals surface area contributed by atoms with Gasteiger partial charge in [-0.25, -0.2) is 0 Å². The zero-order valence-electron chi connectivity index (χ0n) is 12.1. The molecule has 5 nitrogen and oxygen atoms in total. The molecule has 0 aliphatic carbocycles. The van der Waals surface area contributed by atoms with Crippen molar-refractivity contribution >= 4 is 15.9 Å². The molecular weight excluding hydrogens is 288 g/mol. The van der Waals surface area contributed by atoms with Crippen LogP contribution in [0.5, 0.6) is 0 Å². The number of para-hydroxylation sites is 1. The zero-order chi connectivity index (χ0) is 14.9. The van der Waals surface area contributed by atoms with Gasteiger partial charge >= 0.3 is 10.2 Å². The third-order valence-corrected chi connectivity index (χ3v) is 6.33. The Morgan fingerprint density at radius 3 is 2.81 bits per heavy atom. The van der Waals surface area contributed by atoms with E-state index in [0.717, 1.165) is 36.9 Å². The number of benzene rings is 1. The van der Waals surface area contributed by atoms with Gasteiger partial charge in [0.2, 0.25) is 0 Å². The molecule has 0 spiro atoms. The van der Waals surface area contributed by atoms with Crippen LogP contribution >= 0.6 is 0 Å². The van der Waals surface area contributed by atoms with Crippen molar-refractivity contribution in [2.45, 2.75) is 25.7 Å². The number of aliphatic hydroxyl groups excluding tert-OH is 1. The van der Waals surface area contributed by atoms with Gasteiger partial charge in [0.15, 0.2) is 0 Å². The average Bonchev–Trinajstić information content (AvgIpc) is 2.54. The van der Waals surface area contributed by atoms with Gasteiger partial charge in [-0.3, -0.25) is 4.31 Å². The second kappa shape index (κ2) is 5.94. The van der Waals surface area contributed by atoms with Gasteiger partial charge in [0.25, 0.3) is 0 Å². The normalized spacial score (nSPS) is 23.9. The summed E-state index contributed by atoms with van der Waals surface area (Å²) in [7, 11) is -3.49. The molecule has 1 unspecified atom stereocenters. The smallest absolute Gasteiger partial charge is 0.304 e. The number of fused-ring (bicyclic) bond motifs is 1. The van der Waals surface area contributed by atoms with E-state index in [1.165, 1.54) is 0 Å². The van der Waals surface area contributed by atoms with Gasteiger partial charge in [-0.15, -0.1) is 0 Å². The Labute approximate surface area is 126 Å². The highest BCUT2D eigenvalue weighted by molar-refractivity contribution is 7.90. The molecule has 0 aromatic heterocycles. The Balaban J connectivity index is 1.89. The van der Waals surface area contributed by atoms with Crippen molar-refractivity contribution in [2.75, 3.05) is 30.5 Å². The maximum atomic E-state index is 12.9. The van der Waals surface area contributed by atoms with Crippen LogP contribution in [0.3, 0.4) is 0 Å². The number of piperidine rings is 1. The summed E-state index contributed by atoms with van der Waals surface area (Å²) in [6, 6.07) is 7.74. The molecule has 2 aliphatic heterocycles. The number of nitrogens with zero attached hydrogens (tertiary/aromatic N) is 2. The standard InChI is InChI=1S/C15H22N2O3S/c18-12-13-5-3-9-16(11-13)21(19,20)17-10-4-7-14-6-1-2-8-15(14)17/h1-2,6,8,13,18H,3-5,7,9-12H2. The third kappa shape index (κ3) is 2.80. The molecule has 1 aromatic rings. The molecule has 2 aliphatic rings. The predicted molar refractivity (Wildman–Crippen MR) is 82.4 cm³/mol. The Morgan fingerprint density at radius 1 is 1.19 bits per heavy atom. The molecule has 3 rings (SSSR count). The molecule has 116 valence electrons. The maximum absolute atomic E-state index is 12.9. The van der Waals surface area contributed by atoms with E-state index in [1.807, 2.05) is 24.3 Å². The molecule has 1 saturated heterocycles. The van der Waals surface area contributed by atoms with Crippen LogP contribution in [0.2, 0.25) is 0 Å². The minimum atomic E-state index is -3.49. The molecule has 1 atom stereocenters. The van der Waals surface area contributed by atoms with E-state index in [-0.39, 0.29) is 12.5 Å². The van der Waals surface area contributed by atoms with Crippen molar-refractivity contribution < 1.29 is 13.5 Å². The fraction of sp³-hybridized carbons (Fsp3) is 0.600. The van der Waals surface area contributed by atoms with Crippen LogP contribution < -0.4 is 4.31 Å². The quantitative estimate of drug-likeness (QED) is 0.918. The summed E-state index contributed by atoms with van der Waals surface area (Å²) >= 11 is 0. The second-order valence-corrected chi connectivity index (χ2v) is 7.71. The first-order valence-corrected chi connectivity index (χ1v) is 8.99. The first-order valence-electron chi connectivity index (χ1n) is 7.59. The highest BCUT2D eigenvalue weighted by Gasteiger charge is 2.35. The molecule has 6 heteroatoms. The van der Waals surface area contributed by atoms with Crippen LogP contribution in [0.1, 0.15) is 24.8 Å². The highest BCUT2D eigenvalue weighted by atomic mass is 32.2. The first-order chi connectivity index (χ1) is 10.1. The number of aryl methyl sites for hydroxylation is 1. The number of aliphatic hydroxyl groups is 1. The van der Waals surface area contributed by atoms with Crippen LogP contribution in [0.15, 0.2) is 24.3 Å². The van der Waals surface area contributed by atoms with Crippen LogP contribution in [-0.4, -0.2) is 44.1 Å². The predicted octanol–water partition coefficient (Wildman–Crippen LogP) is 1.39. The van der Waals surface area contributed by atoms with Crippen LogP contribution in [0, 0.1) is 5.92 Å². The topological polar surface area (TPSA) is 60.9 Å². The lowest BCUT2D eigenvalue weighted by atomic mass is 10.0. The fourth-order valence-corrected chi connectivity index (χ4v) is 5.09. The molecular formula is C15H22N2O3S. The van der Waals surface area contributed by atoms with E-state index in [1.54, 1.807) is 8.61 Å². The second-order valence-electron chi connectivity index (χ2n) is 5.86. The third-order valence-electron chi connectivity index (χ3n) is 4.41. The Hall–Kier alpha value is -1.11. The van der Waals surface area contributed by atoms with E-state index in [9.17, 15) is 13.5 Å². The van der Waals surface area contributed by atoms with Gasteiger partial charge in [0.05, 0.1) is 5.69 Å². The average molecular weight is 310 g/mol. The molecule has 21 heavy (non-hydrogen) atoms. The monoisotopic (exact) mass is 310 g/mol. The van der Waals surface area contributed by atoms with Gasteiger partial charge < -0.3 is 5.11 Å². The van der Waals surface area contributed by atoms with Crippen molar-refractivity contribution in [1.29, 1.82) is 0 Å². The molecule has 1 fully saturated rings. The Kier molecular flexibility index (Phi) is 4.19. The molecule has 1 aromatic carbocycles. The molecule has 1 N–H and O–H groups in total. The van der Waals surface area contributed by atoms with Crippen molar-refractivity contribution in [3.63, 3.8) is 0 Å². The van der Waals surface area contributed by atoms with Gasteiger partial charge in [-0.05, 0) is 43.2 Å². The van der Waals surface area contributed by atoms with E-state index >= 15 is 0 Å². The number of hydrogen-bond donors (Lipinski definition) is 1. The van der Waals surface area contributed by atoms with Gasteiger partial charge in [0, 0.05) is 26.2 Å². The lowest BCUT2D eigenvalue weighted by molar-refractivity contribution is 0.165. The summed E-state index contributed by atoms with van der Waals surface area (Å²) in [4.78, 5) is 0. The van der Waals surface area contributed by atoms with E-state index in [2.05, 4.69) is 0 Å². The molecule has 2 heterocycles. The van der Waals surface area contributed by atoms with E-state index < -0.39 is 10.2 Å². The Morgan fingerprint density at radius 2 is 2.00 bits per heavy atom. The molecule has 0 amide bonds. The fourth-order valence-electron chi connectivity index (χ4n) is 3.26.